The average molecular weight is 1730 g/mol. The van der Waals surface area contributed by atoms with Crippen molar-refractivity contribution in [3.05, 3.63) is 497 Å². The van der Waals surface area contributed by atoms with Crippen molar-refractivity contribution in [2.75, 3.05) is 0 Å². The van der Waals surface area contributed by atoms with Crippen LogP contribution in [0.5, 0.6) is 0 Å². The second-order valence-electron chi connectivity index (χ2n) is 33.2. The van der Waals surface area contributed by atoms with Crippen molar-refractivity contribution in [2.24, 2.45) is 0 Å². The molecule has 0 atom stereocenters. The summed E-state index contributed by atoms with van der Waals surface area (Å²) in [6, 6.07) is 172. The Bertz CT molecular complexity index is 8270. The van der Waals surface area contributed by atoms with Crippen molar-refractivity contribution in [1.82, 2.24) is 58.6 Å². The molecule has 25 aromatic rings. The zero-order chi connectivity index (χ0) is 89.8. The van der Waals surface area contributed by atoms with Gasteiger partial charge in [0.25, 0.3) is 0 Å². The van der Waals surface area contributed by atoms with Crippen LogP contribution in [0, 0.1) is 0 Å². The standard InChI is InChI=1S/2C45H30N4.C33H22N4/c1-3-12-31(13-4-1)33-22-24-34(25-23-33)43-46-44(48-45(47-43)37-17-11-16-36(30-37)32-14-5-2-6-15-32)35-26-28-38(29-27-35)49-41-20-9-7-18-39(41)40-19-8-10-21-42(40)49;1-3-11-31(12-4-1)33-19-23-35(24-20-33)43-46-44(36-25-21-34(22-26-36)32-13-5-2-6-14-32)48-45(47-43)37-27-29-38(30-28-37)49-41-17-9-7-15-39(41)40-16-8-10-18-42(40)49;1-3-12-23(13-4-1)31-34-32(24-14-5-2-6-15-24)36-33(35-31)25-16-11-17-26(22-25)37-29-20-9-7-18-27(29)28-19-8-10-21-30(28)37/h2*1-30H;1-22H. The molecule has 0 aliphatic heterocycles. The van der Waals surface area contributed by atoms with E-state index in [1.54, 1.807) is 0 Å². The molecule has 0 aliphatic carbocycles. The number of hydrogen-bond acceptors (Lipinski definition) is 9. The third kappa shape index (κ3) is 16.4. The molecule has 12 heteroatoms. The number of hydrogen-bond donors (Lipinski definition) is 0. The first-order valence-electron chi connectivity index (χ1n) is 45.2. The average Bonchev–Trinajstić information content (AvgIpc) is 1.61. The largest absolute Gasteiger partial charge is 0.309 e. The van der Waals surface area contributed by atoms with Gasteiger partial charge in [-0.1, -0.05) is 394 Å². The smallest absolute Gasteiger partial charge is 0.164 e. The highest BCUT2D eigenvalue weighted by Gasteiger charge is 2.22. The molecule has 0 spiro atoms. The van der Waals surface area contributed by atoms with E-state index in [0.29, 0.717) is 52.4 Å². The summed E-state index contributed by atoms with van der Waals surface area (Å²) >= 11 is 0. The fraction of sp³-hybridized carbons (Fsp3) is 0. The predicted octanol–water partition coefficient (Wildman–Crippen LogP) is 30.6. The SMILES string of the molecule is c1ccc(-c2ccc(-c3nc(-c4ccc(-c5ccccc5)cc4)nc(-c4ccc(-n5c6ccccc6c6ccccc65)cc4)n3)cc2)cc1.c1ccc(-c2ccc(-c3nc(-c4ccc(-n5c6ccccc6c6ccccc65)cc4)nc(-c4cccc(-c5ccccc5)c4)n3)cc2)cc1.c1ccc(-c2nc(-c3ccccc3)nc(-c3cccc(-n4c5ccccc5c5ccccc54)c3)n2)cc1. The molecule has 0 bridgehead atoms. The second kappa shape index (κ2) is 36.3. The van der Waals surface area contributed by atoms with Gasteiger partial charge in [0.1, 0.15) is 0 Å². The van der Waals surface area contributed by atoms with Crippen molar-refractivity contribution >= 4 is 65.4 Å². The first-order chi connectivity index (χ1) is 66.9. The summed E-state index contributed by atoms with van der Waals surface area (Å²) in [5.41, 5.74) is 28.0. The van der Waals surface area contributed by atoms with Gasteiger partial charge in [0, 0.05) is 99.5 Å². The molecule has 135 heavy (non-hydrogen) atoms. The fourth-order valence-electron chi connectivity index (χ4n) is 18.2. The monoisotopic (exact) mass is 1730 g/mol. The van der Waals surface area contributed by atoms with E-state index in [1.165, 1.54) is 82.1 Å². The molecule has 0 saturated heterocycles. The Morgan fingerprint density at radius 1 is 0.104 bits per heavy atom. The van der Waals surface area contributed by atoms with E-state index < -0.39 is 0 Å². The Balaban J connectivity index is 0.000000115. The van der Waals surface area contributed by atoms with Gasteiger partial charge in [-0.25, -0.2) is 44.9 Å². The molecular weight excluding hydrogens is 1650 g/mol. The normalized spacial score (nSPS) is 11.3. The number of fused-ring (bicyclic) bond motifs is 9. The molecule has 0 amide bonds. The van der Waals surface area contributed by atoms with Crippen LogP contribution in [0.2, 0.25) is 0 Å². The fourth-order valence-corrected chi connectivity index (χ4v) is 18.2. The summed E-state index contributed by atoms with van der Waals surface area (Å²) in [6.07, 6.45) is 0. The van der Waals surface area contributed by atoms with Gasteiger partial charge in [0.05, 0.1) is 33.1 Å². The third-order valence-electron chi connectivity index (χ3n) is 24.8. The summed E-state index contributed by atoms with van der Waals surface area (Å²) < 4.78 is 6.95. The Labute approximate surface area is 780 Å². The lowest BCUT2D eigenvalue weighted by molar-refractivity contribution is 1.07. The van der Waals surface area contributed by atoms with Gasteiger partial charge in [0.2, 0.25) is 0 Å². The molecule has 0 unspecified atom stereocenters. The molecule has 634 valence electrons. The van der Waals surface area contributed by atoms with Gasteiger partial charge in [0.15, 0.2) is 52.4 Å². The minimum atomic E-state index is 0.631. The Kier molecular flexibility index (Phi) is 21.8. The Morgan fingerprint density at radius 2 is 0.267 bits per heavy atom. The molecular formula is C123H82N12. The Hall–Kier alpha value is -18.4. The molecule has 0 aliphatic rings. The maximum atomic E-state index is 5.06. The number of rotatable bonds is 16. The van der Waals surface area contributed by atoms with E-state index >= 15 is 0 Å². The van der Waals surface area contributed by atoms with E-state index in [0.717, 1.165) is 95.0 Å². The topological polar surface area (TPSA) is 131 Å². The summed E-state index contributed by atoms with van der Waals surface area (Å²) in [5, 5.41) is 7.44. The molecule has 19 aromatic carbocycles. The molecule has 25 rings (SSSR count). The second-order valence-corrected chi connectivity index (χ2v) is 33.2. The zero-order valence-electron chi connectivity index (χ0n) is 73.2. The lowest BCUT2D eigenvalue weighted by Gasteiger charge is -2.11. The zero-order valence-corrected chi connectivity index (χ0v) is 73.2. The molecule has 0 N–H and O–H groups in total. The van der Waals surface area contributed by atoms with Crippen molar-refractivity contribution in [3.63, 3.8) is 0 Å². The summed E-state index contributed by atoms with van der Waals surface area (Å²) in [7, 11) is 0. The van der Waals surface area contributed by atoms with Crippen LogP contribution >= 0.6 is 0 Å². The van der Waals surface area contributed by atoms with Gasteiger partial charge in [-0.15, -0.1) is 0 Å². The van der Waals surface area contributed by atoms with Crippen LogP contribution in [0.15, 0.2) is 497 Å². The first-order valence-corrected chi connectivity index (χ1v) is 45.2. The van der Waals surface area contributed by atoms with E-state index in [-0.39, 0.29) is 0 Å². The van der Waals surface area contributed by atoms with Crippen LogP contribution in [-0.4, -0.2) is 58.6 Å². The van der Waals surface area contributed by atoms with Crippen LogP contribution in [0.1, 0.15) is 0 Å². The number of para-hydroxylation sites is 6. The van der Waals surface area contributed by atoms with E-state index in [1.807, 2.05) is 84.9 Å². The summed E-state index contributed by atoms with van der Waals surface area (Å²) in [4.78, 5) is 44.9. The highest BCUT2D eigenvalue weighted by molar-refractivity contribution is 6.11. The van der Waals surface area contributed by atoms with E-state index in [4.69, 9.17) is 44.9 Å². The maximum Gasteiger partial charge on any atom is 0.164 e. The van der Waals surface area contributed by atoms with Crippen molar-refractivity contribution < 1.29 is 0 Å². The van der Waals surface area contributed by atoms with Gasteiger partial charge >= 0.3 is 0 Å². The first kappa shape index (κ1) is 81.1. The predicted molar refractivity (Wildman–Crippen MR) is 553 cm³/mol. The van der Waals surface area contributed by atoms with Gasteiger partial charge < -0.3 is 13.7 Å². The minimum absolute atomic E-state index is 0.631. The summed E-state index contributed by atoms with van der Waals surface area (Å²) in [5.74, 6) is 5.77. The lowest BCUT2D eigenvalue weighted by Crippen LogP contribution is -2.01. The lowest BCUT2D eigenvalue weighted by atomic mass is 10.0. The third-order valence-corrected chi connectivity index (χ3v) is 24.8. The van der Waals surface area contributed by atoms with Gasteiger partial charge in [-0.05, 0) is 148 Å². The van der Waals surface area contributed by atoms with E-state index in [2.05, 4.69) is 426 Å². The van der Waals surface area contributed by atoms with Crippen molar-refractivity contribution in [1.29, 1.82) is 0 Å². The highest BCUT2D eigenvalue weighted by Crippen LogP contribution is 2.40. The van der Waals surface area contributed by atoms with E-state index in [9.17, 15) is 0 Å². The highest BCUT2D eigenvalue weighted by atomic mass is 15.1. The molecule has 6 aromatic heterocycles. The Morgan fingerprint density at radius 3 is 0.533 bits per heavy atom. The molecule has 0 fully saturated rings. The number of benzene rings is 19. The van der Waals surface area contributed by atoms with Gasteiger partial charge in [-0.2, -0.15) is 0 Å². The number of nitrogens with zero attached hydrogens (tertiary/aromatic N) is 12. The maximum absolute atomic E-state index is 5.06. The van der Waals surface area contributed by atoms with Crippen LogP contribution in [0.4, 0.5) is 0 Å². The minimum Gasteiger partial charge on any atom is -0.309 e. The molecule has 6 heterocycles. The van der Waals surface area contributed by atoms with Crippen LogP contribution < -0.4 is 0 Å². The van der Waals surface area contributed by atoms with Crippen molar-refractivity contribution in [3.8, 4) is 164 Å². The van der Waals surface area contributed by atoms with Crippen LogP contribution in [0.25, 0.3) is 229 Å². The van der Waals surface area contributed by atoms with Crippen molar-refractivity contribution in [2.45, 2.75) is 0 Å². The molecule has 0 saturated carbocycles. The molecule has 12 nitrogen and oxygen atoms in total. The van der Waals surface area contributed by atoms with Crippen LogP contribution in [-0.2, 0) is 0 Å². The quantitative estimate of drug-likeness (QED) is 0.0928. The van der Waals surface area contributed by atoms with Crippen LogP contribution in [0.3, 0.4) is 0 Å². The summed E-state index contributed by atoms with van der Waals surface area (Å²) in [6.45, 7) is 0. The molecule has 0 radical (unpaired) electrons. The number of aromatic nitrogens is 12. The van der Waals surface area contributed by atoms with Gasteiger partial charge in [-0.3, -0.25) is 0 Å².